The van der Waals surface area contributed by atoms with E-state index in [2.05, 4.69) is 11.7 Å². The zero-order valence-corrected chi connectivity index (χ0v) is 17.9. The van der Waals surface area contributed by atoms with Gasteiger partial charge >= 0.3 is 6.18 Å². The number of nitrogens with zero attached hydrogens (tertiary/aromatic N) is 3. The Kier molecular flexibility index (Phi) is 5.67. The molecular weight excluding hydrogens is 435 g/mol. The number of carbonyl (C=O) groups is 2. The molecule has 1 unspecified atom stereocenters. The largest absolute Gasteiger partial charge is 0.433 e. The van der Waals surface area contributed by atoms with Crippen molar-refractivity contribution in [2.24, 2.45) is 0 Å². The Labute approximate surface area is 187 Å². The molecule has 4 rings (SSSR count). The summed E-state index contributed by atoms with van der Waals surface area (Å²) in [5, 5.41) is 4.10. The summed E-state index contributed by atoms with van der Waals surface area (Å²) in [7, 11) is 0. The molecule has 2 amide bonds. The summed E-state index contributed by atoms with van der Waals surface area (Å²) in [6, 6.07) is 14.3. The highest BCUT2D eigenvalue weighted by Gasteiger charge is 2.46. The van der Waals surface area contributed by atoms with Crippen molar-refractivity contribution in [2.45, 2.75) is 26.3 Å². The van der Waals surface area contributed by atoms with Gasteiger partial charge in [-0.3, -0.25) is 9.59 Å². The minimum atomic E-state index is -4.87. The van der Waals surface area contributed by atoms with Gasteiger partial charge in [-0.25, -0.2) is 9.58 Å². The summed E-state index contributed by atoms with van der Waals surface area (Å²) < 4.78 is 49.2. The molecule has 1 aliphatic rings. The summed E-state index contributed by atoms with van der Waals surface area (Å²) >= 11 is 0. The van der Waals surface area contributed by atoms with Gasteiger partial charge in [0.25, 0.3) is 11.8 Å². The van der Waals surface area contributed by atoms with Crippen LogP contribution in [-0.2, 0) is 10.9 Å². The molecule has 0 fully saturated rings. The van der Waals surface area contributed by atoms with Crippen LogP contribution in [0.2, 0.25) is 0 Å². The summed E-state index contributed by atoms with van der Waals surface area (Å²) in [6.45, 7) is 7.06. The van der Waals surface area contributed by atoms with Crippen molar-refractivity contribution in [1.29, 1.82) is 0 Å². The number of benzene rings is 2. The predicted molar refractivity (Wildman–Crippen MR) is 116 cm³/mol. The Bertz CT molecular complexity index is 1210. The lowest BCUT2D eigenvalue weighted by Crippen LogP contribution is -2.30. The molecule has 1 aliphatic heterocycles. The van der Waals surface area contributed by atoms with Crippen molar-refractivity contribution >= 4 is 23.2 Å². The van der Waals surface area contributed by atoms with Crippen LogP contribution in [0.25, 0.3) is 5.57 Å². The Morgan fingerprint density at radius 2 is 1.58 bits per heavy atom. The fraction of sp³-hybridized carbons (Fsp3) is 0.208. The first-order valence-electron chi connectivity index (χ1n) is 10.2. The SMILES string of the molecule is C=C(c1ccccc1)c1c(N2C(=O)c3ccccc3C2=O)nn(C(C)OCC)c1C(F)(F)F. The molecule has 9 heteroatoms. The number of alkyl halides is 3. The second-order valence-corrected chi connectivity index (χ2v) is 7.38. The van der Waals surface area contributed by atoms with Crippen LogP contribution in [0.4, 0.5) is 19.0 Å². The monoisotopic (exact) mass is 455 g/mol. The number of halogens is 3. The number of ether oxygens (including phenoxy) is 1. The molecule has 0 saturated heterocycles. The summed E-state index contributed by atoms with van der Waals surface area (Å²) in [6.07, 6.45) is -5.99. The zero-order chi connectivity index (χ0) is 23.9. The van der Waals surface area contributed by atoms with E-state index < -0.39 is 41.3 Å². The van der Waals surface area contributed by atoms with E-state index in [-0.39, 0.29) is 23.3 Å². The summed E-state index contributed by atoms with van der Waals surface area (Å²) in [5.41, 5.74) is -1.04. The molecule has 2 aromatic carbocycles. The number of amides is 2. The van der Waals surface area contributed by atoms with Gasteiger partial charge in [-0.05, 0) is 37.1 Å². The normalized spacial score (nSPS) is 14.5. The van der Waals surface area contributed by atoms with E-state index in [9.17, 15) is 22.8 Å². The van der Waals surface area contributed by atoms with Gasteiger partial charge in [0.15, 0.2) is 11.5 Å². The van der Waals surface area contributed by atoms with E-state index >= 15 is 0 Å². The van der Waals surface area contributed by atoms with E-state index in [1.54, 1.807) is 49.4 Å². The number of aromatic nitrogens is 2. The first kappa shape index (κ1) is 22.5. The Balaban J connectivity index is 2.00. The van der Waals surface area contributed by atoms with Crippen LogP contribution in [-0.4, -0.2) is 28.2 Å². The van der Waals surface area contributed by atoms with Crippen molar-refractivity contribution < 1.29 is 27.5 Å². The first-order valence-corrected chi connectivity index (χ1v) is 10.2. The van der Waals surface area contributed by atoms with Gasteiger partial charge in [0.05, 0.1) is 16.7 Å². The molecule has 2 heterocycles. The summed E-state index contributed by atoms with van der Waals surface area (Å²) in [4.78, 5) is 26.9. The van der Waals surface area contributed by atoms with Crippen LogP contribution < -0.4 is 4.90 Å². The van der Waals surface area contributed by atoms with Crippen LogP contribution in [0.1, 0.15) is 57.6 Å². The van der Waals surface area contributed by atoms with Crippen LogP contribution in [0.15, 0.2) is 61.2 Å². The minimum Gasteiger partial charge on any atom is -0.357 e. The fourth-order valence-corrected chi connectivity index (χ4v) is 3.87. The number of imide groups is 1. The van der Waals surface area contributed by atoms with Gasteiger partial charge in [0.2, 0.25) is 0 Å². The minimum absolute atomic E-state index is 0.0237. The van der Waals surface area contributed by atoms with Crippen molar-refractivity contribution in [3.05, 3.63) is 89.1 Å². The van der Waals surface area contributed by atoms with Crippen LogP contribution in [0.5, 0.6) is 0 Å². The lowest BCUT2D eigenvalue weighted by atomic mass is 9.98. The van der Waals surface area contributed by atoms with Gasteiger partial charge in [-0.2, -0.15) is 18.3 Å². The number of carbonyl (C=O) groups excluding carboxylic acids is 2. The van der Waals surface area contributed by atoms with E-state index in [1.165, 1.54) is 19.1 Å². The van der Waals surface area contributed by atoms with Crippen molar-refractivity contribution in [1.82, 2.24) is 9.78 Å². The molecule has 1 atom stereocenters. The summed E-state index contributed by atoms with van der Waals surface area (Å²) in [5.74, 6) is -1.94. The standard InChI is InChI=1S/C24H20F3N3O3/c1-4-33-15(3)30-20(24(25,26)27)19(14(2)16-10-6-5-7-11-16)21(28-30)29-22(31)17-12-8-9-13-18(17)23(29)32/h5-13,15H,2,4H2,1,3H3. The molecule has 3 aromatic rings. The van der Waals surface area contributed by atoms with E-state index in [4.69, 9.17) is 4.74 Å². The number of anilines is 1. The molecule has 0 bridgehead atoms. The maximum Gasteiger partial charge on any atom is 0.433 e. The van der Waals surface area contributed by atoms with Gasteiger partial charge in [-0.1, -0.05) is 49.0 Å². The molecule has 170 valence electrons. The second kappa shape index (κ2) is 8.32. The third kappa shape index (κ3) is 3.74. The molecule has 0 aliphatic carbocycles. The van der Waals surface area contributed by atoms with Gasteiger partial charge < -0.3 is 4.74 Å². The Morgan fingerprint density at radius 3 is 2.09 bits per heavy atom. The molecule has 0 N–H and O–H groups in total. The first-order chi connectivity index (χ1) is 15.7. The molecule has 0 radical (unpaired) electrons. The van der Waals surface area contributed by atoms with Crippen LogP contribution in [0, 0.1) is 0 Å². The third-order valence-corrected chi connectivity index (χ3v) is 5.34. The smallest absolute Gasteiger partial charge is 0.357 e. The molecule has 0 spiro atoms. The number of hydrogen-bond acceptors (Lipinski definition) is 4. The van der Waals surface area contributed by atoms with Gasteiger partial charge in [-0.15, -0.1) is 0 Å². The average molecular weight is 455 g/mol. The second-order valence-electron chi connectivity index (χ2n) is 7.38. The van der Waals surface area contributed by atoms with E-state index in [1.807, 2.05) is 0 Å². The average Bonchev–Trinajstić information content (AvgIpc) is 3.30. The molecule has 6 nitrogen and oxygen atoms in total. The quantitative estimate of drug-likeness (QED) is 0.472. The topological polar surface area (TPSA) is 64.4 Å². The maximum absolute atomic E-state index is 14.4. The highest BCUT2D eigenvalue weighted by atomic mass is 19.4. The van der Waals surface area contributed by atoms with Crippen LogP contribution >= 0.6 is 0 Å². The zero-order valence-electron chi connectivity index (χ0n) is 17.9. The Morgan fingerprint density at radius 1 is 1.03 bits per heavy atom. The fourth-order valence-electron chi connectivity index (χ4n) is 3.87. The van der Waals surface area contributed by atoms with Crippen LogP contribution in [0.3, 0.4) is 0 Å². The van der Waals surface area contributed by atoms with E-state index in [0.717, 1.165) is 0 Å². The molecular formula is C24H20F3N3O3. The Hall–Kier alpha value is -3.72. The molecule has 33 heavy (non-hydrogen) atoms. The van der Waals surface area contributed by atoms with Gasteiger partial charge in [0, 0.05) is 6.61 Å². The number of fused-ring (bicyclic) bond motifs is 1. The van der Waals surface area contributed by atoms with Crippen molar-refractivity contribution in [2.75, 3.05) is 11.5 Å². The highest BCUT2D eigenvalue weighted by Crippen LogP contribution is 2.44. The van der Waals surface area contributed by atoms with E-state index in [0.29, 0.717) is 15.1 Å². The van der Waals surface area contributed by atoms with Gasteiger partial charge in [0.1, 0.15) is 6.23 Å². The highest BCUT2D eigenvalue weighted by molar-refractivity contribution is 6.34. The maximum atomic E-state index is 14.4. The molecule has 0 saturated carbocycles. The van der Waals surface area contributed by atoms with Crippen molar-refractivity contribution in [3.63, 3.8) is 0 Å². The lowest BCUT2D eigenvalue weighted by Gasteiger charge is -2.18. The lowest BCUT2D eigenvalue weighted by molar-refractivity contribution is -0.149. The number of hydrogen-bond donors (Lipinski definition) is 0. The number of rotatable bonds is 6. The third-order valence-electron chi connectivity index (χ3n) is 5.34. The predicted octanol–water partition coefficient (Wildman–Crippen LogP) is 5.32. The molecule has 1 aromatic heterocycles. The van der Waals surface area contributed by atoms with Crippen molar-refractivity contribution in [3.8, 4) is 0 Å².